The van der Waals surface area contributed by atoms with Crippen molar-refractivity contribution < 1.29 is 19.4 Å². The van der Waals surface area contributed by atoms with Crippen LogP contribution in [0.15, 0.2) is 23.8 Å². The quantitative estimate of drug-likeness (QED) is 0.729. The Bertz CT molecular complexity index is 722. The molecule has 4 aliphatic carbocycles. The van der Waals surface area contributed by atoms with E-state index in [0.29, 0.717) is 18.3 Å². The molecule has 26 heavy (non-hydrogen) atoms. The van der Waals surface area contributed by atoms with Gasteiger partial charge in [-0.25, -0.2) is 0 Å². The van der Waals surface area contributed by atoms with E-state index >= 15 is 0 Å². The van der Waals surface area contributed by atoms with Crippen LogP contribution in [-0.4, -0.2) is 30.1 Å². The summed E-state index contributed by atoms with van der Waals surface area (Å²) >= 11 is 0. The van der Waals surface area contributed by atoms with E-state index in [1.54, 1.807) is 12.2 Å². The van der Waals surface area contributed by atoms with E-state index < -0.39 is 11.5 Å². The van der Waals surface area contributed by atoms with Crippen molar-refractivity contribution in [1.29, 1.82) is 0 Å². The second kappa shape index (κ2) is 5.54. The fourth-order valence-corrected chi connectivity index (χ4v) is 7.13. The van der Waals surface area contributed by atoms with E-state index in [-0.39, 0.29) is 28.5 Å². The van der Waals surface area contributed by atoms with Gasteiger partial charge in [-0.15, -0.1) is 0 Å². The molecular formula is C22H30O4. The number of rotatable bonds is 1. The number of carbonyl (C=O) groups excluding carboxylic acids is 2. The molecule has 4 heteroatoms. The summed E-state index contributed by atoms with van der Waals surface area (Å²) in [6, 6.07) is 0. The zero-order valence-corrected chi connectivity index (χ0v) is 16.2. The Morgan fingerprint density at radius 3 is 2.69 bits per heavy atom. The van der Waals surface area contributed by atoms with Gasteiger partial charge < -0.3 is 9.84 Å². The highest BCUT2D eigenvalue weighted by Gasteiger charge is 2.67. The van der Waals surface area contributed by atoms with Gasteiger partial charge in [-0.1, -0.05) is 25.5 Å². The minimum atomic E-state index is -0.534. The van der Waals surface area contributed by atoms with Gasteiger partial charge in [0.2, 0.25) is 0 Å². The van der Waals surface area contributed by atoms with Crippen molar-refractivity contribution in [3.05, 3.63) is 23.8 Å². The predicted octanol–water partition coefficient (Wildman–Crippen LogP) is 3.44. The van der Waals surface area contributed by atoms with Crippen LogP contribution < -0.4 is 0 Å². The van der Waals surface area contributed by atoms with Crippen molar-refractivity contribution in [1.82, 2.24) is 0 Å². The number of ether oxygens (including phenoxy) is 1. The lowest BCUT2D eigenvalue weighted by Crippen LogP contribution is -2.58. The van der Waals surface area contributed by atoms with Crippen LogP contribution in [0.3, 0.4) is 0 Å². The second-order valence-corrected chi connectivity index (χ2v) is 9.57. The standard InChI is InChI=1S/C22H30O4/c1-20-9-7-14(23)11-13(20)5-6-15-16-8-10-21(2,19(25)26-4)22(16,3)12-17(24)18(15)20/h7,9,11,15-18,24H,5-6,8,10,12H2,1-4H3/t15?,16?,17?,18?,20-,21+,22-/m0/s1. The molecule has 0 amide bonds. The summed E-state index contributed by atoms with van der Waals surface area (Å²) in [5, 5.41) is 11.3. The summed E-state index contributed by atoms with van der Waals surface area (Å²) in [5.41, 5.74) is 0.143. The van der Waals surface area contributed by atoms with E-state index in [0.717, 1.165) is 25.7 Å². The van der Waals surface area contributed by atoms with Gasteiger partial charge in [0.25, 0.3) is 0 Å². The number of ketones is 1. The van der Waals surface area contributed by atoms with Gasteiger partial charge in [-0.3, -0.25) is 9.59 Å². The highest BCUT2D eigenvalue weighted by atomic mass is 16.5. The Hall–Kier alpha value is -1.42. The Balaban J connectivity index is 1.75. The van der Waals surface area contributed by atoms with E-state index in [4.69, 9.17) is 4.74 Å². The first-order chi connectivity index (χ1) is 12.2. The molecule has 0 aliphatic heterocycles. The number of fused-ring (bicyclic) bond motifs is 5. The van der Waals surface area contributed by atoms with E-state index in [1.807, 2.05) is 13.0 Å². The lowest BCUT2D eigenvalue weighted by Gasteiger charge is -2.59. The third kappa shape index (κ3) is 2.05. The molecule has 0 aromatic heterocycles. The van der Waals surface area contributed by atoms with Crippen LogP contribution in [0.1, 0.15) is 52.9 Å². The van der Waals surface area contributed by atoms with E-state index in [9.17, 15) is 14.7 Å². The molecule has 0 bridgehead atoms. The molecule has 142 valence electrons. The summed E-state index contributed by atoms with van der Waals surface area (Å²) in [5.74, 6) is 0.814. The number of methoxy groups -OCH3 is 1. The monoisotopic (exact) mass is 358 g/mol. The zero-order valence-electron chi connectivity index (χ0n) is 16.2. The van der Waals surface area contributed by atoms with Gasteiger partial charge in [0.15, 0.2) is 5.78 Å². The molecule has 0 saturated heterocycles. The van der Waals surface area contributed by atoms with Crippen LogP contribution in [0.2, 0.25) is 0 Å². The van der Waals surface area contributed by atoms with Gasteiger partial charge in [-0.2, -0.15) is 0 Å². The molecule has 7 atom stereocenters. The third-order valence-electron chi connectivity index (χ3n) is 8.74. The number of aliphatic hydroxyl groups excluding tert-OH is 1. The second-order valence-electron chi connectivity index (χ2n) is 9.57. The minimum Gasteiger partial charge on any atom is -0.469 e. The molecule has 3 fully saturated rings. The Kier molecular flexibility index (Phi) is 3.83. The van der Waals surface area contributed by atoms with Crippen LogP contribution in [0.5, 0.6) is 0 Å². The summed E-state index contributed by atoms with van der Waals surface area (Å²) in [6.45, 7) is 6.40. The topological polar surface area (TPSA) is 63.6 Å². The Morgan fingerprint density at radius 1 is 1.27 bits per heavy atom. The zero-order chi connectivity index (χ0) is 18.9. The molecule has 0 aromatic rings. The lowest BCUT2D eigenvalue weighted by atomic mass is 9.45. The number of allylic oxidation sites excluding steroid dienone is 4. The molecule has 0 radical (unpaired) electrons. The fraction of sp³-hybridized carbons (Fsp3) is 0.727. The SMILES string of the molecule is COC(=O)[C@@]1(C)CCC2C3CCC4=CC(=O)C=C[C@]4(C)C3C(O)C[C@@]21C. The van der Waals surface area contributed by atoms with Gasteiger partial charge in [0.1, 0.15) is 0 Å². The molecule has 4 unspecified atom stereocenters. The van der Waals surface area contributed by atoms with Crippen LogP contribution >= 0.6 is 0 Å². The largest absolute Gasteiger partial charge is 0.469 e. The summed E-state index contributed by atoms with van der Waals surface area (Å²) in [7, 11) is 1.47. The van der Waals surface area contributed by atoms with Crippen LogP contribution in [0.4, 0.5) is 0 Å². The first-order valence-electron chi connectivity index (χ1n) is 9.88. The number of aliphatic hydroxyl groups is 1. The van der Waals surface area contributed by atoms with Crippen molar-refractivity contribution in [2.24, 2.45) is 34.0 Å². The maximum absolute atomic E-state index is 12.6. The third-order valence-corrected chi connectivity index (χ3v) is 8.74. The van der Waals surface area contributed by atoms with Crippen molar-refractivity contribution in [3.8, 4) is 0 Å². The first kappa shape index (κ1) is 18.0. The average Bonchev–Trinajstić information content (AvgIpc) is 2.86. The normalized spacial score (nSPS) is 49.7. The minimum absolute atomic E-state index is 0.0604. The molecule has 1 N–H and O–H groups in total. The summed E-state index contributed by atoms with van der Waals surface area (Å²) in [4.78, 5) is 24.5. The maximum atomic E-state index is 12.6. The van der Waals surface area contributed by atoms with Crippen LogP contribution in [0.25, 0.3) is 0 Å². The summed E-state index contributed by atoms with van der Waals surface area (Å²) < 4.78 is 5.16. The van der Waals surface area contributed by atoms with Gasteiger partial charge in [0, 0.05) is 11.3 Å². The van der Waals surface area contributed by atoms with Gasteiger partial charge >= 0.3 is 5.97 Å². The van der Waals surface area contributed by atoms with Crippen molar-refractivity contribution in [2.45, 2.75) is 59.0 Å². The number of hydrogen-bond acceptors (Lipinski definition) is 4. The van der Waals surface area contributed by atoms with Crippen LogP contribution in [0, 0.1) is 34.0 Å². The average molecular weight is 358 g/mol. The molecular weight excluding hydrogens is 328 g/mol. The van der Waals surface area contributed by atoms with Crippen molar-refractivity contribution >= 4 is 11.8 Å². The number of carbonyl (C=O) groups is 2. The van der Waals surface area contributed by atoms with Gasteiger partial charge in [-0.05, 0) is 68.4 Å². The molecule has 3 saturated carbocycles. The predicted molar refractivity (Wildman–Crippen MR) is 98.1 cm³/mol. The molecule has 4 nitrogen and oxygen atoms in total. The molecule has 4 rings (SSSR count). The van der Waals surface area contributed by atoms with Gasteiger partial charge in [0.05, 0.1) is 18.6 Å². The Morgan fingerprint density at radius 2 is 2.00 bits per heavy atom. The Labute approximate surface area is 155 Å². The van der Waals surface area contributed by atoms with Crippen molar-refractivity contribution in [2.75, 3.05) is 7.11 Å². The summed E-state index contributed by atoms with van der Waals surface area (Å²) in [6.07, 6.45) is 9.34. The highest BCUT2D eigenvalue weighted by molar-refractivity contribution is 6.01. The number of hydrogen-bond donors (Lipinski definition) is 1. The van der Waals surface area contributed by atoms with E-state index in [1.165, 1.54) is 12.7 Å². The van der Waals surface area contributed by atoms with Crippen LogP contribution in [-0.2, 0) is 14.3 Å². The molecule has 4 aliphatic rings. The van der Waals surface area contributed by atoms with Crippen molar-refractivity contribution in [3.63, 3.8) is 0 Å². The lowest BCUT2D eigenvalue weighted by molar-refractivity contribution is -0.172. The number of esters is 1. The first-order valence-corrected chi connectivity index (χ1v) is 9.88. The highest BCUT2D eigenvalue weighted by Crippen LogP contribution is 2.69. The molecule has 0 spiro atoms. The van der Waals surface area contributed by atoms with E-state index in [2.05, 4.69) is 13.8 Å². The smallest absolute Gasteiger partial charge is 0.312 e. The maximum Gasteiger partial charge on any atom is 0.312 e. The fourth-order valence-electron chi connectivity index (χ4n) is 7.13. The molecule has 0 aromatic carbocycles. The molecule has 0 heterocycles.